The lowest BCUT2D eigenvalue weighted by Gasteiger charge is -2.18. The quantitative estimate of drug-likeness (QED) is 0.536. The van der Waals surface area contributed by atoms with Crippen LogP contribution in [0.3, 0.4) is 0 Å². The predicted molar refractivity (Wildman–Crippen MR) is 113 cm³/mol. The third-order valence-corrected chi connectivity index (χ3v) is 6.01. The van der Waals surface area contributed by atoms with E-state index in [1.807, 2.05) is 0 Å². The molecule has 30 heavy (non-hydrogen) atoms. The van der Waals surface area contributed by atoms with Crippen LogP contribution in [0.25, 0.3) is 17.4 Å². The van der Waals surface area contributed by atoms with Gasteiger partial charge in [-0.25, -0.2) is 0 Å². The van der Waals surface area contributed by atoms with Crippen molar-refractivity contribution in [2.75, 3.05) is 19.6 Å². The Morgan fingerprint density at radius 3 is 2.43 bits per heavy atom. The lowest BCUT2D eigenvalue weighted by molar-refractivity contribution is -0.135. The Morgan fingerprint density at radius 2 is 1.77 bits per heavy atom. The average molecular weight is 424 g/mol. The first-order valence-corrected chi connectivity index (χ1v) is 10.5. The van der Waals surface area contributed by atoms with Gasteiger partial charge in [-0.3, -0.25) is 24.1 Å². The monoisotopic (exact) mass is 424 g/mol. The summed E-state index contributed by atoms with van der Waals surface area (Å²) in [6.45, 7) is 2.63. The smallest absolute Gasteiger partial charge is 0.294 e. The molecule has 0 atom stereocenters. The largest absolute Gasteiger partial charge is 0.457 e. The first kappa shape index (κ1) is 20.2. The summed E-state index contributed by atoms with van der Waals surface area (Å²) in [6, 6.07) is 10.5. The lowest BCUT2D eigenvalue weighted by Crippen LogP contribution is -2.40. The van der Waals surface area contributed by atoms with E-state index in [1.54, 1.807) is 41.3 Å². The summed E-state index contributed by atoms with van der Waals surface area (Å²) in [5.74, 6) is 0.309. The average Bonchev–Trinajstić information content (AvgIpc) is 3.47. The van der Waals surface area contributed by atoms with Gasteiger partial charge >= 0.3 is 0 Å². The van der Waals surface area contributed by atoms with Crippen molar-refractivity contribution in [3.63, 3.8) is 0 Å². The molecule has 2 fully saturated rings. The Hall–Kier alpha value is -3.13. The maximum Gasteiger partial charge on any atom is 0.294 e. The van der Waals surface area contributed by atoms with Crippen molar-refractivity contribution in [2.45, 2.75) is 19.8 Å². The third kappa shape index (κ3) is 4.09. The molecule has 2 aromatic rings. The van der Waals surface area contributed by atoms with Crippen molar-refractivity contribution in [1.82, 2.24) is 9.80 Å². The van der Waals surface area contributed by atoms with Gasteiger partial charge in [0, 0.05) is 30.3 Å². The Bertz CT molecular complexity index is 1050. The number of amides is 3. The molecule has 0 unspecified atom stereocenters. The molecule has 2 aliphatic rings. The van der Waals surface area contributed by atoms with Crippen LogP contribution in [0.15, 0.2) is 45.7 Å². The molecule has 0 N–H and O–H groups in total. The zero-order valence-corrected chi connectivity index (χ0v) is 17.2. The van der Waals surface area contributed by atoms with Crippen LogP contribution in [0.4, 0.5) is 4.79 Å². The normalized spacial score (nSPS) is 18.0. The summed E-state index contributed by atoms with van der Waals surface area (Å²) in [4.78, 5) is 51.5. The molecule has 1 aromatic heterocycles. The van der Waals surface area contributed by atoms with E-state index in [1.165, 1.54) is 13.0 Å². The van der Waals surface area contributed by atoms with E-state index in [0.717, 1.165) is 35.1 Å². The van der Waals surface area contributed by atoms with Gasteiger partial charge < -0.3 is 9.32 Å². The van der Waals surface area contributed by atoms with Crippen LogP contribution >= 0.6 is 11.8 Å². The third-order valence-electron chi connectivity index (χ3n) is 5.10. The molecule has 0 bridgehead atoms. The van der Waals surface area contributed by atoms with Crippen molar-refractivity contribution < 1.29 is 23.6 Å². The van der Waals surface area contributed by atoms with Crippen LogP contribution in [0.5, 0.6) is 0 Å². The van der Waals surface area contributed by atoms with Crippen molar-refractivity contribution >= 4 is 40.7 Å². The Kier molecular flexibility index (Phi) is 5.59. The van der Waals surface area contributed by atoms with E-state index in [-0.39, 0.29) is 23.1 Å². The van der Waals surface area contributed by atoms with Gasteiger partial charge in [0.05, 0.1) is 4.91 Å². The number of benzene rings is 1. The summed E-state index contributed by atoms with van der Waals surface area (Å²) >= 11 is 0.802. The summed E-state index contributed by atoms with van der Waals surface area (Å²) in [5.41, 5.74) is 1.41. The number of Topliss-reactive ketones (excluding diaryl/α,β-unsaturated/α-hetero) is 1. The fourth-order valence-electron chi connectivity index (χ4n) is 3.42. The number of ketones is 1. The fourth-order valence-corrected chi connectivity index (χ4v) is 4.24. The second kappa shape index (κ2) is 8.31. The summed E-state index contributed by atoms with van der Waals surface area (Å²) in [6.07, 6.45) is 3.41. The van der Waals surface area contributed by atoms with Crippen LogP contribution in [0.2, 0.25) is 0 Å². The molecule has 2 aliphatic heterocycles. The maximum atomic E-state index is 12.6. The number of carbonyl (C=O) groups is 4. The summed E-state index contributed by atoms with van der Waals surface area (Å²) in [7, 11) is 0. The number of likely N-dealkylation sites (tertiary alicyclic amines) is 1. The van der Waals surface area contributed by atoms with Crippen LogP contribution in [-0.2, 0) is 9.59 Å². The number of rotatable bonds is 5. The van der Waals surface area contributed by atoms with Gasteiger partial charge in [0.1, 0.15) is 18.1 Å². The highest BCUT2D eigenvalue weighted by Gasteiger charge is 2.37. The molecule has 0 aliphatic carbocycles. The summed E-state index contributed by atoms with van der Waals surface area (Å²) in [5, 5.41) is -0.453. The number of thioether (sulfide) groups is 1. The molecule has 2 saturated heterocycles. The molecule has 4 rings (SSSR count). The number of furan rings is 1. The zero-order valence-electron chi connectivity index (χ0n) is 16.4. The molecule has 7 nitrogen and oxygen atoms in total. The molecule has 1 aromatic carbocycles. The minimum absolute atomic E-state index is 0.0133. The highest BCUT2D eigenvalue weighted by atomic mass is 32.2. The fraction of sp³-hybridized carbons (Fsp3) is 0.273. The lowest BCUT2D eigenvalue weighted by atomic mass is 10.1. The standard InChI is InChI=1S/C22H20N2O5S/c1-14(25)15-4-6-16(7-5-15)18-9-8-17(29-18)12-19-21(27)24(22(28)30-19)13-20(26)23-10-2-3-11-23/h4-9,12H,2-3,10-11,13H2,1H3/b19-12-. The first-order valence-electron chi connectivity index (χ1n) is 9.67. The Labute approximate surface area is 177 Å². The predicted octanol–water partition coefficient (Wildman–Crippen LogP) is 3.81. The highest BCUT2D eigenvalue weighted by Crippen LogP contribution is 2.33. The van der Waals surface area contributed by atoms with Gasteiger partial charge in [0.2, 0.25) is 5.91 Å². The van der Waals surface area contributed by atoms with E-state index < -0.39 is 11.1 Å². The van der Waals surface area contributed by atoms with E-state index in [9.17, 15) is 19.2 Å². The van der Waals surface area contributed by atoms with Crippen molar-refractivity contribution in [2.24, 2.45) is 0 Å². The minimum atomic E-state index is -0.485. The highest BCUT2D eigenvalue weighted by molar-refractivity contribution is 8.18. The van der Waals surface area contributed by atoms with Gasteiger partial charge in [0.15, 0.2) is 5.78 Å². The molecule has 3 heterocycles. The van der Waals surface area contributed by atoms with Gasteiger partial charge in [-0.05, 0) is 43.7 Å². The van der Waals surface area contributed by atoms with Gasteiger partial charge in [0.25, 0.3) is 11.1 Å². The molecule has 0 spiro atoms. The van der Waals surface area contributed by atoms with E-state index >= 15 is 0 Å². The molecule has 3 amide bonds. The van der Waals surface area contributed by atoms with Gasteiger partial charge in [-0.1, -0.05) is 24.3 Å². The zero-order chi connectivity index (χ0) is 21.3. The van der Waals surface area contributed by atoms with Crippen LogP contribution in [0, 0.1) is 0 Å². The molecule has 154 valence electrons. The van der Waals surface area contributed by atoms with Crippen molar-refractivity contribution in [3.05, 3.63) is 52.6 Å². The number of hydrogen-bond donors (Lipinski definition) is 0. The number of carbonyl (C=O) groups excluding carboxylic acids is 4. The molecule has 8 heteroatoms. The second-order valence-electron chi connectivity index (χ2n) is 7.19. The van der Waals surface area contributed by atoms with Gasteiger partial charge in [-0.2, -0.15) is 0 Å². The van der Waals surface area contributed by atoms with E-state index in [4.69, 9.17) is 4.42 Å². The van der Waals surface area contributed by atoms with Gasteiger partial charge in [-0.15, -0.1) is 0 Å². The van der Waals surface area contributed by atoms with Crippen molar-refractivity contribution in [3.8, 4) is 11.3 Å². The molecule has 0 saturated carbocycles. The number of hydrogen-bond acceptors (Lipinski definition) is 6. The topological polar surface area (TPSA) is 87.9 Å². The van der Waals surface area contributed by atoms with Crippen LogP contribution in [0.1, 0.15) is 35.9 Å². The SMILES string of the molecule is CC(=O)c1ccc(-c2ccc(/C=C3\SC(=O)N(CC(=O)N4CCCC4)C3=O)o2)cc1. The Morgan fingerprint density at radius 1 is 1.07 bits per heavy atom. The molecular weight excluding hydrogens is 404 g/mol. The van der Waals surface area contributed by atoms with Crippen LogP contribution in [-0.4, -0.2) is 52.3 Å². The molecule has 0 radical (unpaired) electrons. The Balaban J connectivity index is 1.47. The van der Waals surface area contributed by atoms with E-state index in [2.05, 4.69) is 0 Å². The first-order chi connectivity index (χ1) is 14.4. The van der Waals surface area contributed by atoms with Crippen LogP contribution < -0.4 is 0 Å². The number of nitrogens with zero attached hydrogens (tertiary/aromatic N) is 2. The second-order valence-corrected chi connectivity index (χ2v) is 8.18. The number of imide groups is 1. The minimum Gasteiger partial charge on any atom is -0.457 e. The summed E-state index contributed by atoms with van der Waals surface area (Å²) < 4.78 is 5.78. The van der Waals surface area contributed by atoms with Crippen molar-refractivity contribution in [1.29, 1.82) is 0 Å². The molecular formula is C22H20N2O5S. The van der Waals surface area contributed by atoms with E-state index in [0.29, 0.717) is 30.2 Å². The maximum absolute atomic E-state index is 12.6.